The van der Waals surface area contributed by atoms with Crippen molar-refractivity contribution < 1.29 is 4.79 Å². The molecule has 0 aromatic heterocycles. The predicted octanol–water partition coefficient (Wildman–Crippen LogP) is 2.52. The first-order valence-corrected chi connectivity index (χ1v) is 7.95. The molecule has 1 saturated heterocycles. The molecule has 120 valence electrons. The van der Waals surface area contributed by atoms with Crippen LogP contribution < -0.4 is 5.32 Å². The van der Waals surface area contributed by atoms with Crippen LogP contribution >= 0.6 is 0 Å². The normalized spacial score (nSPS) is 16.7. The second-order valence-electron chi connectivity index (χ2n) is 6.29. The highest BCUT2D eigenvalue weighted by Gasteiger charge is 2.44. The Morgan fingerprint density at radius 1 is 1.00 bits per heavy atom. The Hall–Kier alpha value is -2.33. The molecule has 0 atom stereocenters. The molecule has 1 aliphatic rings. The number of rotatable bonds is 5. The number of benzene rings is 2. The van der Waals surface area contributed by atoms with Gasteiger partial charge in [-0.15, -0.1) is 0 Å². The maximum absolute atomic E-state index is 12.5. The van der Waals surface area contributed by atoms with Gasteiger partial charge in [-0.1, -0.05) is 60.7 Å². The lowest BCUT2D eigenvalue weighted by Crippen LogP contribution is -2.41. The zero-order valence-corrected chi connectivity index (χ0v) is 13.7. The van der Waals surface area contributed by atoms with Gasteiger partial charge in [-0.05, 0) is 25.2 Å². The molecule has 4 heteroatoms. The first-order valence-electron chi connectivity index (χ1n) is 7.95. The molecule has 2 aromatic rings. The average Bonchev–Trinajstić information content (AvgIpc) is 2.92. The van der Waals surface area contributed by atoms with E-state index in [0.717, 1.165) is 24.2 Å². The van der Waals surface area contributed by atoms with Crippen LogP contribution in [0.2, 0.25) is 0 Å². The highest BCUT2D eigenvalue weighted by Crippen LogP contribution is 2.34. The smallest absolute Gasteiger partial charge is 0.318 e. The van der Waals surface area contributed by atoms with Gasteiger partial charge >= 0.3 is 6.03 Å². The monoisotopic (exact) mass is 309 g/mol. The van der Waals surface area contributed by atoms with Gasteiger partial charge in [-0.3, -0.25) is 0 Å². The number of amides is 2. The Balaban J connectivity index is 1.97. The summed E-state index contributed by atoms with van der Waals surface area (Å²) < 4.78 is 0. The Labute approximate surface area is 137 Å². The van der Waals surface area contributed by atoms with E-state index in [2.05, 4.69) is 34.5 Å². The lowest BCUT2D eigenvalue weighted by molar-refractivity contribution is 0.212. The van der Waals surface area contributed by atoms with Gasteiger partial charge in [0, 0.05) is 13.1 Å². The molecule has 1 heterocycles. The lowest BCUT2D eigenvalue weighted by atomic mass is 9.83. The summed E-state index contributed by atoms with van der Waals surface area (Å²) in [6, 6.07) is 20.4. The van der Waals surface area contributed by atoms with Crippen LogP contribution in [0.15, 0.2) is 60.7 Å². The number of hydrogen-bond donors (Lipinski definition) is 1. The number of likely N-dealkylation sites (N-methyl/N-ethyl adjacent to an activating group) is 1. The molecule has 0 radical (unpaired) electrons. The van der Waals surface area contributed by atoms with Crippen LogP contribution in [0.5, 0.6) is 0 Å². The molecule has 2 amide bonds. The van der Waals surface area contributed by atoms with Crippen molar-refractivity contribution in [3.05, 3.63) is 71.8 Å². The van der Waals surface area contributed by atoms with Crippen molar-refractivity contribution >= 4 is 6.03 Å². The van der Waals surface area contributed by atoms with E-state index in [4.69, 9.17) is 0 Å². The van der Waals surface area contributed by atoms with E-state index in [-0.39, 0.29) is 6.03 Å². The Morgan fingerprint density at radius 2 is 1.52 bits per heavy atom. The highest BCUT2D eigenvalue weighted by molar-refractivity contribution is 5.79. The SMILES string of the molecule is CN(C)CCN1CC(c2ccccc2)(c2ccccc2)NC1=O. The summed E-state index contributed by atoms with van der Waals surface area (Å²) in [6.07, 6.45) is 0. The standard InChI is InChI=1S/C19H23N3O/c1-21(2)13-14-22-15-19(20-18(22)23,16-9-5-3-6-10-16)17-11-7-4-8-12-17/h3-12H,13-15H2,1-2H3,(H,20,23). The van der Waals surface area contributed by atoms with E-state index in [1.165, 1.54) is 0 Å². The molecule has 3 rings (SSSR count). The molecule has 0 aliphatic carbocycles. The van der Waals surface area contributed by atoms with E-state index < -0.39 is 5.54 Å². The van der Waals surface area contributed by atoms with Gasteiger partial charge in [0.2, 0.25) is 0 Å². The summed E-state index contributed by atoms with van der Waals surface area (Å²) >= 11 is 0. The second-order valence-corrected chi connectivity index (χ2v) is 6.29. The molecule has 1 fully saturated rings. The van der Waals surface area contributed by atoms with Crippen LogP contribution in [0.25, 0.3) is 0 Å². The molecule has 0 unspecified atom stereocenters. The van der Waals surface area contributed by atoms with Crippen LogP contribution in [-0.2, 0) is 5.54 Å². The fourth-order valence-corrected chi connectivity index (χ4v) is 3.10. The van der Waals surface area contributed by atoms with Crippen LogP contribution in [0.3, 0.4) is 0 Å². The number of nitrogens with one attached hydrogen (secondary N) is 1. The van der Waals surface area contributed by atoms with Crippen LogP contribution in [0.1, 0.15) is 11.1 Å². The third-order valence-corrected chi connectivity index (χ3v) is 4.39. The minimum absolute atomic E-state index is 0.000411. The summed E-state index contributed by atoms with van der Waals surface area (Å²) in [5, 5.41) is 3.24. The third-order valence-electron chi connectivity index (χ3n) is 4.39. The average molecular weight is 309 g/mol. The van der Waals surface area contributed by atoms with E-state index in [1.807, 2.05) is 55.4 Å². The van der Waals surface area contributed by atoms with Crippen molar-refractivity contribution in [3.63, 3.8) is 0 Å². The Kier molecular flexibility index (Phi) is 4.35. The summed E-state index contributed by atoms with van der Waals surface area (Å²) in [7, 11) is 4.05. The number of carbonyl (C=O) groups excluding carboxylic acids is 1. The second kappa shape index (κ2) is 6.42. The van der Waals surface area contributed by atoms with Gasteiger partial charge in [0.1, 0.15) is 5.54 Å². The first-order chi connectivity index (χ1) is 11.1. The number of carbonyl (C=O) groups is 1. The molecule has 0 spiro atoms. The van der Waals surface area contributed by atoms with Crippen molar-refractivity contribution in [1.82, 2.24) is 15.1 Å². The number of urea groups is 1. The minimum atomic E-state index is -0.480. The lowest BCUT2D eigenvalue weighted by Gasteiger charge is -2.30. The van der Waals surface area contributed by atoms with Gasteiger partial charge < -0.3 is 15.1 Å². The fourth-order valence-electron chi connectivity index (χ4n) is 3.10. The van der Waals surface area contributed by atoms with Crippen molar-refractivity contribution in [2.24, 2.45) is 0 Å². The van der Waals surface area contributed by atoms with Crippen molar-refractivity contribution in [2.75, 3.05) is 33.7 Å². The number of nitrogens with zero attached hydrogens (tertiary/aromatic N) is 2. The first kappa shape index (κ1) is 15.6. The summed E-state index contributed by atoms with van der Waals surface area (Å²) in [5.74, 6) is 0. The highest BCUT2D eigenvalue weighted by atomic mass is 16.2. The third kappa shape index (κ3) is 3.08. The largest absolute Gasteiger partial charge is 0.323 e. The maximum Gasteiger partial charge on any atom is 0.318 e. The van der Waals surface area contributed by atoms with Gasteiger partial charge in [0.05, 0.1) is 6.54 Å². The topological polar surface area (TPSA) is 35.6 Å². The molecule has 0 bridgehead atoms. The summed E-state index contributed by atoms with van der Waals surface area (Å²) in [4.78, 5) is 16.5. The van der Waals surface area contributed by atoms with Gasteiger partial charge in [0.25, 0.3) is 0 Å². The van der Waals surface area contributed by atoms with Crippen molar-refractivity contribution in [3.8, 4) is 0 Å². The molecule has 4 nitrogen and oxygen atoms in total. The summed E-state index contributed by atoms with van der Waals surface area (Å²) in [6.45, 7) is 2.22. The maximum atomic E-state index is 12.5. The predicted molar refractivity (Wildman–Crippen MR) is 92.3 cm³/mol. The molecular formula is C19H23N3O. The number of hydrogen-bond acceptors (Lipinski definition) is 2. The minimum Gasteiger partial charge on any atom is -0.323 e. The van der Waals surface area contributed by atoms with E-state index in [0.29, 0.717) is 6.54 Å². The van der Waals surface area contributed by atoms with Crippen molar-refractivity contribution in [2.45, 2.75) is 5.54 Å². The fraction of sp³-hybridized carbons (Fsp3) is 0.316. The molecular weight excluding hydrogens is 286 g/mol. The molecule has 1 aliphatic heterocycles. The van der Waals surface area contributed by atoms with Gasteiger partial charge in [-0.2, -0.15) is 0 Å². The quantitative estimate of drug-likeness (QED) is 0.921. The Morgan fingerprint density at radius 3 is 2.00 bits per heavy atom. The van der Waals surface area contributed by atoms with Gasteiger partial charge in [0.15, 0.2) is 0 Å². The van der Waals surface area contributed by atoms with Crippen LogP contribution in [-0.4, -0.2) is 49.6 Å². The molecule has 1 N–H and O–H groups in total. The van der Waals surface area contributed by atoms with E-state index in [1.54, 1.807) is 0 Å². The summed E-state index contributed by atoms with van der Waals surface area (Å²) in [5.41, 5.74) is 1.75. The Bertz CT molecular complexity index is 615. The van der Waals surface area contributed by atoms with E-state index >= 15 is 0 Å². The zero-order chi connectivity index (χ0) is 16.3. The van der Waals surface area contributed by atoms with Crippen LogP contribution in [0.4, 0.5) is 4.79 Å². The molecule has 2 aromatic carbocycles. The molecule has 23 heavy (non-hydrogen) atoms. The molecule has 0 saturated carbocycles. The zero-order valence-electron chi connectivity index (χ0n) is 13.7. The van der Waals surface area contributed by atoms with Crippen LogP contribution in [0, 0.1) is 0 Å². The van der Waals surface area contributed by atoms with Gasteiger partial charge in [-0.25, -0.2) is 4.79 Å². The van der Waals surface area contributed by atoms with Crippen molar-refractivity contribution in [1.29, 1.82) is 0 Å². The van der Waals surface area contributed by atoms with E-state index in [9.17, 15) is 4.79 Å².